The topological polar surface area (TPSA) is 74.1 Å². The Morgan fingerprint density at radius 3 is 2.66 bits per heavy atom. The van der Waals surface area contributed by atoms with Gasteiger partial charge in [0.25, 0.3) is 5.91 Å². The smallest absolute Gasteiger partial charge is 0.253 e. The van der Waals surface area contributed by atoms with Crippen molar-refractivity contribution in [1.29, 1.82) is 0 Å². The van der Waals surface area contributed by atoms with Gasteiger partial charge in [0.2, 0.25) is 10.0 Å². The van der Waals surface area contributed by atoms with Crippen molar-refractivity contribution >= 4 is 27.3 Å². The van der Waals surface area contributed by atoms with Gasteiger partial charge in [-0.15, -0.1) is 11.3 Å². The van der Waals surface area contributed by atoms with Crippen molar-refractivity contribution in [3.63, 3.8) is 0 Å². The van der Waals surface area contributed by atoms with Gasteiger partial charge in [-0.3, -0.25) is 9.69 Å². The number of carbonyl (C=O) groups is 1. The Balaban J connectivity index is 1.26. The molecule has 0 spiro atoms. The molecule has 0 bridgehead atoms. The Labute approximate surface area is 191 Å². The van der Waals surface area contributed by atoms with Gasteiger partial charge >= 0.3 is 0 Å². The zero-order chi connectivity index (χ0) is 22.1. The molecular weight excluding hydrogens is 446 g/mol. The number of piperazine rings is 1. The number of rotatable bonds is 5. The Kier molecular flexibility index (Phi) is 5.90. The first-order valence-corrected chi connectivity index (χ1v) is 13.0. The van der Waals surface area contributed by atoms with Crippen molar-refractivity contribution in [3.8, 4) is 0 Å². The molecule has 0 aliphatic carbocycles. The summed E-state index contributed by atoms with van der Waals surface area (Å²) in [4.78, 5) is 18.6. The number of carbonyl (C=O) groups excluding carboxylic acids is 1. The second kappa shape index (κ2) is 8.82. The first kappa shape index (κ1) is 21.4. The van der Waals surface area contributed by atoms with Crippen LogP contribution in [0.1, 0.15) is 26.6 Å². The number of nitrogens with zero attached hydrogens (tertiary/aromatic N) is 3. The molecule has 2 aromatic heterocycles. The number of hydrogen-bond donors (Lipinski definition) is 0. The van der Waals surface area contributed by atoms with E-state index in [1.165, 1.54) is 15.2 Å². The van der Waals surface area contributed by atoms with Crippen molar-refractivity contribution in [3.05, 3.63) is 75.9 Å². The van der Waals surface area contributed by atoms with Gasteiger partial charge in [-0.05, 0) is 53.8 Å². The zero-order valence-corrected chi connectivity index (χ0v) is 19.3. The average Bonchev–Trinajstić information content (AvgIpc) is 3.50. The predicted octanol–water partition coefficient (Wildman–Crippen LogP) is 3.05. The third-order valence-corrected chi connectivity index (χ3v) is 8.97. The highest BCUT2D eigenvalue weighted by Gasteiger charge is 2.30. The van der Waals surface area contributed by atoms with Gasteiger partial charge in [-0.1, -0.05) is 6.07 Å². The highest BCUT2D eigenvalue weighted by molar-refractivity contribution is 7.89. The maximum Gasteiger partial charge on any atom is 0.253 e. The van der Waals surface area contributed by atoms with E-state index in [0.29, 0.717) is 31.7 Å². The SMILES string of the molecule is O=C(c1cccc(S(=O)(=O)N2CCc3sccc3C2)c1)N1CCN(Cc2ccco2)CC1. The number of sulfonamides is 1. The van der Waals surface area contributed by atoms with E-state index >= 15 is 0 Å². The van der Waals surface area contributed by atoms with Crippen LogP contribution in [0.3, 0.4) is 0 Å². The van der Waals surface area contributed by atoms with E-state index in [1.54, 1.807) is 40.7 Å². The molecule has 9 heteroatoms. The largest absolute Gasteiger partial charge is 0.468 e. The lowest BCUT2D eigenvalue weighted by Gasteiger charge is -2.34. The van der Waals surface area contributed by atoms with Gasteiger partial charge < -0.3 is 9.32 Å². The minimum Gasteiger partial charge on any atom is -0.468 e. The summed E-state index contributed by atoms with van der Waals surface area (Å²) in [6, 6.07) is 12.3. The predicted molar refractivity (Wildman–Crippen MR) is 122 cm³/mol. The second-order valence-corrected chi connectivity index (χ2v) is 11.1. The van der Waals surface area contributed by atoms with Crippen molar-refractivity contribution in [2.45, 2.75) is 24.4 Å². The van der Waals surface area contributed by atoms with E-state index in [1.807, 2.05) is 23.6 Å². The van der Waals surface area contributed by atoms with Crippen LogP contribution >= 0.6 is 11.3 Å². The Morgan fingerprint density at radius 1 is 1.03 bits per heavy atom. The highest BCUT2D eigenvalue weighted by Crippen LogP contribution is 2.28. The van der Waals surface area contributed by atoms with Gasteiger partial charge in [-0.25, -0.2) is 8.42 Å². The Hall–Kier alpha value is -2.46. The van der Waals surface area contributed by atoms with Crippen molar-refractivity contribution < 1.29 is 17.6 Å². The van der Waals surface area contributed by atoms with E-state index < -0.39 is 10.0 Å². The molecule has 2 aliphatic rings. The van der Waals surface area contributed by atoms with Crippen LogP contribution in [0.4, 0.5) is 0 Å². The van der Waals surface area contributed by atoms with Crippen molar-refractivity contribution in [2.24, 2.45) is 0 Å². The van der Waals surface area contributed by atoms with Crippen LogP contribution in [0.25, 0.3) is 0 Å². The lowest BCUT2D eigenvalue weighted by atomic mass is 10.1. The number of hydrogen-bond acceptors (Lipinski definition) is 6. The van der Waals surface area contributed by atoms with E-state index in [-0.39, 0.29) is 10.8 Å². The van der Waals surface area contributed by atoms with E-state index in [0.717, 1.165) is 37.4 Å². The molecule has 1 fully saturated rings. The lowest BCUT2D eigenvalue weighted by molar-refractivity contribution is 0.0620. The van der Waals surface area contributed by atoms with Crippen LogP contribution < -0.4 is 0 Å². The molecule has 3 aromatic rings. The summed E-state index contributed by atoms with van der Waals surface area (Å²) in [6.45, 7) is 4.28. The second-order valence-electron chi connectivity index (χ2n) is 8.13. The molecule has 168 valence electrons. The quantitative estimate of drug-likeness (QED) is 0.572. The average molecular weight is 472 g/mol. The summed E-state index contributed by atoms with van der Waals surface area (Å²) in [6.07, 6.45) is 2.40. The molecule has 0 saturated carbocycles. The summed E-state index contributed by atoms with van der Waals surface area (Å²) in [7, 11) is -3.66. The molecule has 1 saturated heterocycles. The number of thiophene rings is 1. The molecule has 0 radical (unpaired) electrons. The molecule has 0 N–H and O–H groups in total. The Morgan fingerprint density at radius 2 is 1.88 bits per heavy atom. The normalized spacial score (nSPS) is 17.9. The number of fused-ring (bicyclic) bond motifs is 1. The molecule has 0 atom stereocenters. The fourth-order valence-corrected chi connectivity index (χ4v) is 6.64. The zero-order valence-electron chi connectivity index (χ0n) is 17.6. The van der Waals surface area contributed by atoms with Gasteiger partial charge in [0.15, 0.2) is 0 Å². The molecule has 2 aliphatic heterocycles. The van der Waals surface area contributed by atoms with Crippen LogP contribution in [0.15, 0.2) is 63.4 Å². The molecule has 7 nitrogen and oxygen atoms in total. The highest BCUT2D eigenvalue weighted by atomic mass is 32.2. The van der Waals surface area contributed by atoms with Crippen molar-refractivity contribution in [2.75, 3.05) is 32.7 Å². The third-order valence-electron chi connectivity index (χ3n) is 6.11. The van der Waals surface area contributed by atoms with Crippen LogP contribution in [-0.4, -0.2) is 61.2 Å². The third kappa shape index (κ3) is 4.25. The Bertz CT molecular complexity index is 1200. The standard InChI is InChI=1S/C23H25N3O4S2/c27-23(25-11-9-24(10-12-25)17-20-4-2-13-30-20)18-3-1-5-21(15-18)32(28,29)26-8-6-22-19(16-26)7-14-31-22/h1-5,7,13-15H,6,8-12,16-17H2. The van der Waals surface area contributed by atoms with Gasteiger partial charge in [0, 0.05) is 49.7 Å². The number of amides is 1. The minimum atomic E-state index is -3.66. The fraction of sp³-hybridized carbons (Fsp3) is 0.348. The van der Waals surface area contributed by atoms with Crippen LogP contribution in [0.2, 0.25) is 0 Å². The van der Waals surface area contributed by atoms with E-state index in [2.05, 4.69) is 4.90 Å². The number of furan rings is 1. The maximum absolute atomic E-state index is 13.3. The first-order valence-electron chi connectivity index (χ1n) is 10.7. The summed E-state index contributed by atoms with van der Waals surface area (Å²) < 4.78 is 33.4. The van der Waals surface area contributed by atoms with E-state index in [9.17, 15) is 13.2 Å². The molecule has 5 rings (SSSR count). The number of benzene rings is 1. The lowest BCUT2D eigenvalue weighted by Crippen LogP contribution is -2.48. The monoisotopic (exact) mass is 471 g/mol. The molecule has 4 heterocycles. The van der Waals surface area contributed by atoms with Crippen LogP contribution in [0, 0.1) is 0 Å². The first-order chi connectivity index (χ1) is 15.5. The van der Waals surface area contributed by atoms with Gasteiger partial charge in [-0.2, -0.15) is 4.31 Å². The summed E-state index contributed by atoms with van der Waals surface area (Å²) >= 11 is 1.68. The van der Waals surface area contributed by atoms with Crippen LogP contribution in [-0.2, 0) is 29.5 Å². The molecule has 1 aromatic carbocycles. The molecule has 32 heavy (non-hydrogen) atoms. The van der Waals surface area contributed by atoms with E-state index in [4.69, 9.17) is 4.42 Å². The summed E-state index contributed by atoms with van der Waals surface area (Å²) in [5.74, 6) is 0.786. The molecular formula is C23H25N3O4S2. The fourth-order valence-electron chi connectivity index (χ4n) is 4.28. The van der Waals surface area contributed by atoms with Crippen molar-refractivity contribution in [1.82, 2.24) is 14.1 Å². The molecule has 1 amide bonds. The van der Waals surface area contributed by atoms with Gasteiger partial charge in [0.05, 0.1) is 17.7 Å². The minimum absolute atomic E-state index is 0.126. The van der Waals surface area contributed by atoms with Gasteiger partial charge in [0.1, 0.15) is 5.76 Å². The maximum atomic E-state index is 13.3. The summed E-state index contributed by atoms with van der Waals surface area (Å²) in [5.41, 5.74) is 1.49. The summed E-state index contributed by atoms with van der Waals surface area (Å²) in [5, 5.41) is 2.01. The van der Waals surface area contributed by atoms with Crippen LogP contribution in [0.5, 0.6) is 0 Å². The molecule has 0 unspecified atom stereocenters.